The summed E-state index contributed by atoms with van der Waals surface area (Å²) < 4.78 is 0.879. The third kappa shape index (κ3) is 4.26. The third-order valence-electron chi connectivity index (χ3n) is 3.31. The van der Waals surface area contributed by atoms with Crippen LogP contribution in [-0.2, 0) is 4.79 Å². The molecule has 1 aromatic heterocycles. The van der Waals surface area contributed by atoms with Crippen LogP contribution in [0.3, 0.4) is 0 Å². The summed E-state index contributed by atoms with van der Waals surface area (Å²) >= 11 is 3.30. The molecule has 0 aromatic carbocycles. The number of carbonyl (C=O) groups excluding carboxylic acids is 1. The molecule has 0 saturated carbocycles. The van der Waals surface area contributed by atoms with E-state index in [0.29, 0.717) is 12.4 Å². The van der Waals surface area contributed by atoms with Gasteiger partial charge in [-0.1, -0.05) is 6.92 Å². The average Bonchev–Trinajstić information content (AvgIpc) is 2.37. The summed E-state index contributed by atoms with van der Waals surface area (Å²) in [5.74, 6) is 0.698. The Kier molecular flexibility index (Phi) is 4.90. The van der Waals surface area contributed by atoms with Crippen LogP contribution in [0.2, 0.25) is 0 Å². The molecule has 2 atom stereocenters. The minimum Gasteiger partial charge on any atom is -0.393 e. The SMILES string of the molecule is CC1CN(CC(=O)Nc2ccc(Br)cn2)CCC1O. The van der Waals surface area contributed by atoms with Gasteiger partial charge in [0.15, 0.2) is 0 Å². The van der Waals surface area contributed by atoms with Crippen molar-refractivity contribution in [3.8, 4) is 0 Å². The zero-order valence-electron chi connectivity index (χ0n) is 10.8. The zero-order valence-corrected chi connectivity index (χ0v) is 12.4. The second-order valence-electron chi connectivity index (χ2n) is 4.98. The van der Waals surface area contributed by atoms with E-state index < -0.39 is 0 Å². The number of aromatic nitrogens is 1. The molecule has 6 heteroatoms. The standard InChI is InChI=1S/C13H18BrN3O2/c1-9-7-17(5-4-11(9)18)8-13(19)16-12-3-2-10(14)6-15-12/h2-3,6,9,11,18H,4-5,7-8H2,1H3,(H,15,16,19). The Bertz CT molecular complexity index is 438. The fourth-order valence-electron chi connectivity index (χ4n) is 2.20. The fraction of sp³-hybridized carbons (Fsp3) is 0.538. The first-order valence-corrected chi connectivity index (χ1v) is 7.15. The second-order valence-corrected chi connectivity index (χ2v) is 5.89. The van der Waals surface area contributed by atoms with Crippen LogP contribution in [-0.4, -0.2) is 46.6 Å². The molecule has 2 rings (SSSR count). The van der Waals surface area contributed by atoms with E-state index in [0.717, 1.165) is 24.0 Å². The summed E-state index contributed by atoms with van der Waals surface area (Å²) in [5, 5.41) is 12.4. The van der Waals surface area contributed by atoms with Crippen molar-refractivity contribution in [2.24, 2.45) is 5.92 Å². The normalized spacial score (nSPS) is 24.2. The summed E-state index contributed by atoms with van der Waals surface area (Å²) in [4.78, 5) is 18.0. The van der Waals surface area contributed by atoms with Crippen LogP contribution >= 0.6 is 15.9 Å². The van der Waals surface area contributed by atoms with Crippen molar-refractivity contribution in [3.05, 3.63) is 22.8 Å². The Morgan fingerprint density at radius 2 is 2.42 bits per heavy atom. The number of amides is 1. The van der Waals surface area contributed by atoms with Crippen molar-refractivity contribution in [1.29, 1.82) is 0 Å². The average molecular weight is 328 g/mol. The van der Waals surface area contributed by atoms with Gasteiger partial charge in [-0.2, -0.15) is 0 Å². The minimum atomic E-state index is -0.243. The van der Waals surface area contributed by atoms with Gasteiger partial charge in [0.25, 0.3) is 0 Å². The maximum atomic E-state index is 11.9. The summed E-state index contributed by atoms with van der Waals surface area (Å²) in [6.45, 7) is 3.86. The van der Waals surface area contributed by atoms with Crippen LogP contribution in [0.15, 0.2) is 22.8 Å². The Morgan fingerprint density at radius 3 is 3.05 bits per heavy atom. The maximum Gasteiger partial charge on any atom is 0.239 e. The number of hydrogen-bond donors (Lipinski definition) is 2. The number of nitrogens with one attached hydrogen (secondary N) is 1. The van der Waals surface area contributed by atoms with Crippen molar-refractivity contribution >= 4 is 27.7 Å². The van der Waals surface area contributed by atoms with Crippen molar-refractivity contribution < 1.29 is 9.90 Å². The van der Waals surface area contributed by atoms with Crippen LogP contribution < -0.4 is 5.32 Å². The lowest BCUT2D eigenvalue weighted by Gasteiger charge is -2.33. The Labute approximate surface area is 121 Å². The topological polar surface area (TPSA) is 65.5 Å². The molecule has 2 N–H and O–H groups in total. The highest BCUT2D eigenvalue weighted by Gasteiger charge is 2.25. The number of rotatable bonds is 3. The second kappa shape index (κ2) is 6.45. The van der Waals surface area contributed by atoms with E-state index in [2.05, 4.69) is 31.1 Å². The number of piperidine rings is 1. The van der Waals surface area contributed by atoms with Gasteiger partial charge in [0.2, 0.25) is 5.91 Å². The Morgan fingerprint density at radius 1 is 1.63 bits per heavy atom. The first-order valence-electron chi connectivity index (χ1n) is 6.36. The molecule has 1 aliphatic rings. The molecule has 0 bridgehead atoms. The highest BCUT2D eigenvalue weighted by molar-refractivity contribution is 9.10. The molecule has 2 unspecified atom stereocenters. The van der Waals surface area contributed by atoms with E-state index in [1.807, 2.05) is 13.0 Å². The Balaban J connectivity index is 1.83. The number of anilines is 1. The molecule has 5 nitrogen and oxygen atoms in total. The lowest BCUT2D eigenvalue weighted by molar-refractivity contribution is -0.118. The number of aliphatic hydroxyl groups excluding tert-OH is 1. The van der Waals surface area contributed by atoms with E-state index in [-0.39, 0.29) is 17.9 Å². The van der Waals surface area contributed by atoms with E-state index in [9.17, 15) is 9.90 Å². The molecule has 1 fully saturated rings. The lowest BCUT2D eigenvalue weighted by Crippen LogP contribution is -2.45. The van der Waals surface area contributed by atoms with Crippen LogP contribution in [0.25, 0.3) is 0 Å². The van der Waals surface area contributed by atoms with Crippen molar-refractivity contribution in [1.82, 2.24) is 9.88 Å². The predicted molar refractivity (Wildman–Crippen MR) is 76.8 cm³/mol. The maximum absolute atomic E-state index is 11.9. The lowest BCUT2D eigenvalue weighted by atomic mass is 9.97. The van der Waals surface area contributed by atoms with Crippen molar-refractivity contribution in [3.63, 3.8) is 0 Å². The zero-order chi connectivity index (χ0) is 13.8. The monoisotopic (exact) mass is 327 g/mol. The smallest absolute Gasteiger partial charge is 0.239 e. The number of likely N-dealkylation sites (tertiary alicyclic amines) is 1. The Hall–Kier alpha value is -0.980. The molecule has 104 valence electrons. The molecule has 1 aromatic rings. The number of nitrogens with zero attached hydrogens (tertiary/aromatic N) is 2. The molecular formula is C13H18BrN3O2. The van der Waals surface area contributed by atoms with Crippen molar-refractivity contribution in [2.45, 2.75) is 19.4 Å². The summed E-state index contributed by atoms with van der Waals surface area (Å²) in [6, 6.07) is 3.59. The molecule has 2 heterocycles. The quantitative estimate of drug-likeness (QED) is 0.882. The van der Waals surface area contributed by atoms with Gasteiger partial charge in [-0.3, -0.25) is 9.69 Å². The summed E-state index contributed by atoms with van der Waals surface area (Å²) in [5.41, 5.74) is 0. The number of hydrogen-bond acceptors (Lipinski definition) is 4. The summed E-state index contributed by atoms with van der Waals surface area (Å²) in [6.07, 6.45) is 2.13. The van der Waals surface area contributed by atoms with Crippen LogP contribution in [0.4, 0.5) is 5.82 Å². The molecule has 19 heavy (non-hydrogen) atoms. The predicted octanol–water partition coefficient (Wildman–Crippen LogP) is 1.49. The molecule has 1 saturated heterocycles. The van der Waals surface area contributed by atoms with E-state index >= 15 is 0 Å². The first kappa shape index (κ1) is 14.4. The highest BCUT2D eigenvalue weighted by atomic mass is 79.9. The van der Waals surface area contributed by atoms with Gasteiger partial charge in [-0.25, -0.2) is 4.98 Å². The molecule has 1 aliphatic heterocycles. The summed E-state index contributed by atoms with van der Waals surface area (Å²) in [7, 11) is 0. The van der Waals surface area contributed by atoms with Gasteiger partial charge in [0.1, 0.15) is 5.82 Å². The van der Waals surface area contributed by atoms with Crippen molar-refractivity contribution in [2.75, 3.05) is 25.0 Å². The molecule has 0 spiro atoms. The fourth-order valence-corrected chi connectivity index (χ4v) is 2.43. The number of aliphatic hydroxyl groups is 1. The van der Waals surface area contributed by atoms with Gasteiger partial charge in [-0.05, 0) is 40.4 Å². The van der Waals surface area contributed by atoms with Gasteiger partial charge < -0.3 is 10.4 Å². The van der Waals surface area contributed by atoms with Gasteiger partial charge in [-0.15, -0.1) is 0 Å². The van der Waals surface area contributed by atoms with E-state index in [1.165, 1.54) is 0 Å². The first-order chi connectivity index (χ1) is 9.04. The number of carbonyl (C=O) groups is 1. The molecule has 1 amide bonds. The van der Waals surface area contributed by atoms with Gasteiger partial charge in [0.05, 0.1) is 12.6 Å². The van der Waals surface area contributed by atoms with Crippen LogP contribution in [0.5, 0.6) is 0 Å². The van der Waals surface area contributed by atoms with Crippen LogP contribution in [0, 0.1) is 5.92 Å². The van der Waals surface area contributed by atoms with Gasteiger partial charge >= 0.3 is 0 Å². The van der Waals surface area contributed by atoms with Gasteiger partial charge in [0, 0.05) is 23.8 Å². The third-order valence-corrected chi connectivity index (χ3v) is 3.78. The number of pyridine rings is 1. The minimum absolute atomic E-state index is 0.0709. The largest absolute Gasteiger partial charge is 0.393 e. The molecule has 0 radical (unpaired) electrons. The molecule has 0 aliphatic carbocycles. The highest BCUT2D eigenvalue weighted by Crippen LogP contribution is 2.16. The number of halogens is 1. The van der Waals surface area contributed by atoms with Crippen LogP contribution in [0.1, 0.15) is 13.3 Å². The molecular weight excluding hydrogens is 310 g/mol. The van der Waals surface area contributed by atoms with E-state index in [1.54, 1.807) is 12.3 Å². The van der Waals surface area contributed by atoms with E-state index in [4.69, 9.17) is 0 Å².